The molecule has 1 aromatic rings. The van der Waals surface area contributed by atoms with E-state index in [0.29, 0.717) is 12.3 Å². The minimum absolute atomic E-state index is 0.0297. The zero-order valence-corrected chi connectivity index (χ0v) is 10.9. The summed E-state index contributed by atoms with van der Waals surface area (Å²) in [7, 11) is 1.36. The molecule has 0 aliphatic heterocycles. The molecule has 0 aromatic carbocycles. The minimum Gasteiger partial charge on any atom is -0.356 e. The van der Waals surface area contributed by atoms with E-state index in [9.17, 15) is 4.79 Å². The SMILES string of the molecule is CCCNC(=O)C(CSS)c1ccccn1. The number of nitrogens with one attached hydrogen (secondary N) is 1. The molecule has 0 saturated carbocycles. The third kappa shape index (κ3) is 4.06. The lowest BCUT2D eigenvalue weighted by atomic mass is 10.1. The van der Waals surface area contributed by atoms with Gasteiger partial charge in [-0.3, -0.25) is 9.78 Å². The molecule has 16 heavy (non-hydrogen) atoms. The van der Waals surface area contributed by atoms with Crippen molar-refractivity contribution in [2.45, 2.75) is 19.3 Å². The average molecular weight is 256 g/mol. The van der Waals surface area contributed by atoms with Crippen LogP contribution in [0.25, 0.3) is 0 Å². The first-order valence-corrected chi connectivity index (χ1v) is 7.28. The number of thiol groups is 1. The van der Waals surface area contributed by atoms with Crippen molar-refractivity contribution < 1.29 is 4.79 Å². The third-order valence-electron chi connectivity index (χ3n) is 2.15. The first-order chi connectivity index (χ1) is 7.79. The maximum Gasteiger partial charge on any atom is 0.230 e. The normalized spacial score (nSPS) is 12.1. The van der Waals surface area contributed by atoms with Gasteiger partial charge in [-0.05, 0) is 18.6 Å². The van der Waals surface area contributed by atoms with Crippen LogP contribution in [0.5, 0.6) is 0 Å². The van der Waals surface area contributed by atoms with E-state index in [1.54, 1.807) is 6.20 Å². The van der Waals surface area contributed by atoms with Gasteiger partial charge in [-0.2, -0.15) is 0 Å². The number of hydrogen-bond donors (Lipinski definition) is 2. The predicted molar refractivity (Wildman–Crippen MR) is 71.7 cm³/mol. The Kier molecular flexibility index (Phi) is 6.33. The van der Waals surface area contributed by atoms with E-state index in [0.717, 1.165) is 12.1 Å². The Balaban J connectivity index is 2.71. The van der Waals surface area contributed by atoms with Crippen LogP contribution in [0.2, 0.25) is 0 Å². The number of rotatable bonds is 6. The summed E-state index contributed by atoms with van der Waals surface area (Å²) in [6.07, 6.45) is 2.65. The van der Waals surface area contributed by atoms with Gasteiger partial charge in [-0.1, -0.05) is 23.8 Å². The molecule has 1 unspecified atom stereocenters. The Labute approximate surface area is 105 Å². The van der Waals surface area contributed by atoms with Gasteiger partial charge in [0.05, 0.1) is 11.6 Å². The van der Waals surface area contributed by atoms with E-state index >= 15 is 0 Å². The van der Waals surface area contributed by atoms with E-state index in [4.69, 9.17) is 0 Å². The Morgan fingerprint density at radius 1 is 1.62 bits per heavy atom. The Morgan fingerprint density at radius 3 is 3.00 bits per heavy atom. The van der Waals surface area contributed by atoms with E-state index in [1.165, 1.54) is 10.8 Å². The van der Waals surface area contributed by atoms with Gasteiger partial charge >= 0.3 is 0 Å². The Bertz CT molecular complexity index is 319. The van der Waals surface area contributed by atoms with Crippen LogP contribution in [-0.2, 0) is 4.79 Å². The van der Waals surface area contributed by atoms with Crippen molar-refractivity contribution in [1.82, 2.24) is 10.3 Å². The molecule has 1 atom stereocenters. The molecule has 0 saturated heterocycles. The highest BCUT2D eigenvalue weighted by molar-refractivity contribution is 8.68. The van der Waals surface area contributed by atoms with Crippen molar-refractivity contribution >= 4 is 28.4 Å². The standard InChI is InChI=1S/C11H16N2OS2/c1-2-6-13-11(14)9(8-16-15)10-5-3-4-7-12-10/h3-5,7,9,15H,2,6,8H2,1H3,(H,13,14). The molecule has 1 heterocycles. The number of pyridine rings is 1. The zero-order chi connectivity index (χ0) is 11.8. The summed E-state index contributed by atoms with van der Waals surface area (Å²) in [6.45, 7) is 2.74. The maximum atomic E-state index is 11.9. The first kappa shape index (κ1) is 13.4. The zero-order valence-electron chi connectivity index (χ0n) is 9.22. The minimum atomic E-state index is -0.213. The average Bonchev–Trinajstić information content (AvgIpc) is 2.34. The van der Waals surface area contributed by atoms with Crippen LogP contribution < -0.4 is 5.32 Å². The van der Waals surface area contributed by atoms with Crippen molar-refractivity contribution in [2.75, 3.05) is 12.3 Å². The molecule has 0 radical (unpaired) electrons. The summed E-state index contributed by atoms with van der Waals surface area (Å²) in [5.41, 5.74) is 0.803. The van der Waals surface area contributed by atoms with Gasteiger partial charge in [0.15, 0.2) is 0 Å². The Morgan fingerprint density at radius 2 is 2.44 bits per heavy atom. The highest BCUT2D eigenvalue weighted by atomic mass is 33.1. The second-order valence-corrected chi connectivity index (χ2v) is 4.76. The molecule has 0 fully saturated rings. The molecular weight excluding hydrogens is 240 g/mol. The number of carbonyl (C=O) groups excluding carboxylic acids is 1. The maximum absolute atomic E-state index is 11.9. The second-order valence-electron chi connectivity index (χ2n) is 3.39. The topological polar surface area (TPSA) is 42.0 Å². The van der Waals surface area contributed by atoms with Crippen LogP contribution in [0.1, 0.15) is 25.0 Å². The molecule has 0 aliphatic rings. The summed E-state index contributed by atoms with van der Waals surface area (Å²) in [5.74, 6) is 0.452. The molecule has 1 aromatic heterocycles. The molecule has 1 rings (SSSR count). The van der Waals surface area contributed by atoms with Crippen molar-refractivity contribution in [3.8, 4) is 0 Å². The second kappa shape index (κ2) is 7.57. The molecule has 88 valence electrons. The number of hydrogen-bond acceptors (Lipinski definition) is 4. The molecule has 0 bridgehead atoms. The summed E-state index contributed by atoms with van der Waals surface area (Å²) in [5, 5.41) is 2.89. The van der Waals surface area contributed by atoms with Crippen LogP contribution in [0, 0.1) is 0 Å². The van der Waals surface area contributed by atoms with E-state index < -0.39 is 0 Å². The lowest BCUT2D eigenvalue weighted by Gasteiger charge is -2.14. The number of carbonyl (C=O) groups is 1. The fraction of sp³-hybridized carbons (Fsp3) is 0.455. The highest BCUT2D eigenvalue weighted by Crippen LogP contribution is 2.21. The van der Waals surface area contributed by atoms with Gasteiger partial charge in [-0.15, -0.1) is 11.7 Å². The predicted octanol–water partition coefficient (Wildman–Crippen LogP) is 2.27. The van der Waals surface area contributed by atoms with Gasteiger partial charge in [0, 0.05) is 18.5 Å². The van der Waals surface area contributed by atoms with Crippen molar-refractivity contribution in [2.24, 2.45) is 0 Å². The Hall–Kier alpha value is -0.680. The molecular formula is C11H16N2OS2. The quantitative estimate of drug-likeness (QED) is 0.606. The third-order valence-corrected chi connectivity index (χ3v) is 3.08. The van der Waals surface area contributed by atoms with Crippen molar-refractivity contribution in [1.29, 1.82) is 0 Å². The van der Waals surface area contributed by atoms with E-state index in [1.807, 2.05) is 25.1 Å². The fourth-order valence-electron chi connectivity index (χ4n) is 1.32. The van der Waals surface area contributed by atoms with Crippen LogP contribution >= 0.6 is 22.5 Å². The molecule has 3 nitrogen and oxygen atoms in total. The monoisotopic (exact) mass is 256 g/mol. The number of nitrogens with zero attached hydrogens (tertiary/aromatic N) is 1. The first-order valence-electron chi connectivity index (χ1n) is 5.24. The van der Waals surface area contributed by atoms with Gasteiger partial charge in [0.25, 0.3) is 0 Å². The smallest absolute Gasteiger partial charge is 0.230 e. The molecule has 5 heteroatoms. The summed E-state index contributed by atoms with van der Waals surface area (Å²) in [6, 6.07) is 5.62. The number of amides is 1. The van der Waals surface area contributed by atoms with Gasteiger partial charge in [0.1, 0.15) is 0 Å². The molecule has 1 N–H and O–H groups in total. The van der Waals surface area contributed by atoms with Crippen LogP contribution in [0.4, 0.5) is 0 Å². The molecule has 1 amide bonds. The van der Waals surface area contributed by atoms with Gasteiger partial charge in [-0.25, -0.2) is 0 Å². The van der Waals surface area contributed by atoms with Crippen molar-refractivity contribution in [3.63, 3.8) is 0 Å². The van der Waals surface area contributed by atoms with Gasteiger partial charge in [0.2, 0.25) is 5.91 Å². The van der Waals surface area contributed by atoms with Crippen molar-refractivity contribution in [3.05, 3.63) is 30.1 Å². The van der Waals surface area contributed by atoms with Crippen LogP contribution in [0.3, 0.4) is 0 Å². The van der Waals surface area contributed by atoms with E-state index in [-0.39, 0.29) is 11.8 Å². The van der Waals surface area contributed by atoms with Gasteiger partial charge < -0.3 is 5.32 Å². The summed E-state index contributed by atoms with van der Waals surface area (Å²) < 4.78 is 0. The molecule has 0 spiro atoms. The lowest BCUT2D eigenvalue weighted by molar-refractivity contribution is -0.122. The summed E-state index contributed by atoms with van der Waals surface area (Å²) >= 11 is 4.10. The van der Waals surface area contributed by atoms with Crippen LogP contribution in [0.15, 0.2) is 24.4 Å². The number of aromatic nitrogens is 1. The van der Waals surface area contributed by atoms with Crippen LogP contribution in [-0.4, -0.2) is 23.2 Å². The fourth-order valence-corrected chi connectivity index (χ4v) is 2.24. The van der Waals surface area contributed by atoms with E-state index in [2.05, 4.69) is 22.0 Å². The summed E-state index contributed by atoms with van der Waals surface area (Å²) in [4.78, 5) is 16.1. The molecule has 0 aliphatic carbocycles. The largest absolute Gasteiger partial charge is 0.356 e. The highest BCUT2D eigenvalue weighted by Gasteiger charge is 2.20. The lowest BCUT2D eigenvalue weighted by Crippen LogP contribution is -2.31.